The van der Waals surface area contributed by atoms with Gasteiger partial charge in [0.15, 0.2) is 11.5 Å². The molecule has 2 heterocycles. The third-order valence-electron chi connectivity index (χ3n) is 5.25. The molecule has 4 rings (SSSR count). The highest BCUT2D eigenvalue weighted by atomic mass is 16.6. The number of nitro groups is 1. The monoisotopic (exact) mass is 448 g/mol. The van der Waals surface area contributed by atoms with Crippen LogP contribution in [0.2, 0.25) is 0 Å². The van der Waals surface area contributed by atoms with Crippen molar-refractivity contribution in [2.24, 2.45) is 5.10 Å². The zero-order valence-corrected chi connectivity index (χ0v) is 18.5. The van der Waals surface area contributed by atoms with Gasteiger partial charge in [0, 0.05) is 24.0 Å². The number of aromatic nitrogens is 1. The van der Waals surface area contributed by atoms with Gasteiger partial charge in [-0.05, 0) is 47.4 Å². The minimum Gasteiger partial charge on any atom is -0.485 e. The molecule has 1 aliphatic heterocycles. The van der Waals surface area contributed by atoms with Gasteiger partial charge in [0.05, 0.1) is 16.8 Å². The molecule has 2 aromatic carbocycles. The molecule has 1 N–H and O–H groups in total. The van der Waals surface area contributed by atoms with Crippen molar-refractivity contribution < 1.29 is 19.2 Å². The van der Waals surface area contributed by atoms with Gasteiger partial charge < -0.3 is 14.0 Å². The minimum absolute atomic E-state index is 0.0132. The number of carbonyl (C=O) groups is 1. The number of amides is 1. The van der Waals surface area contributed by atoms with Crippen LogP contribution in [0.5, 0.6) is 11.5 Å². The molecule has 0 bridgehead atoms. The molecule has 33 heavy (non-hydrogen) atoms. The highest BCUT2D eigenvalue weighted by Crippen LogP contribution is 2.36. The van der Waals surface area contributed by atoms with E-state index in [0.29, 0.717) is 17.2 Å². The van der Waals surface area contributed by atoms with Gasteiger partial charge in [0.2, 0.25) is 6.10 Å². The normalized spacial score (nSPS) is 15.4. The number of carbonyl (C=O) groups excluding carboxylic acids is 1. The maximum absolute atomic E-state index is 12.6. The van der Waals surface area contributed by atoms with E-state index in [1.165, 1.54) is 18.3 Å². The number of nitrogens with zero attached hydrogens (tertiary/aromatic N) is 3. The van der Waals surface area contributed by atoms with Crippen LogP contribution in [0, 0.1) is 10.1 Å². The summed E-state index contributed by atoms with van der Waals surface area (Å²) in [4.78, 5) is 23.0. The average molecular weight is 448 g/mol. The summed E-state index contributed by atoms with van der Waals surface area (Å²) in [5, 5.41) is 14.9. The third-order valence-corrected chi connectivity index (χ3v) is 5.25. The van der Waals surface area contributed by atoms with Gasteiger partial charge in [-0.1, -0.05) is 26.8 Å². The van der Waals surface area contributed by atoms with Crippen molar-refractivity contribution in [3.63, 3.8) is 0 Å². The SMILES string of the molecule is CC(C)(C)c1ccc2c(c1)OC(C(=O)NN=Cc1cccn1-c1ccc([N+](=O)[O-])cc1)CO2. The van der Waals surface area contributed by atoms with Crippen molar-refractivity contribution in [1.82, 2.24) is 9.99 Å². The van der Waals surface area contributed by atoms with E-state index in [1.807, 2.05) is 30.3 Å². The van der Waals surface area contributed by atoms with Crippen molar-refractivity contribution in [2.75, 3.05) is 6.61 Å². The van der Waals surface area contributed by atoms with E-state index in [2.05, 4.69) is 31.3 Å². The molecule has 1 unspecified atom stereocenters. The van der Waals surface area contributed by atoms with Crippen LogP contribution in [0.25, 0.3) is 5.69 Å². The van der Waals surface area contributed by atoms with E-state index in [1.54, 1.807) is 22.9 Å². The quantitative estimate of drug-likeness (QED) is 0.361. The molecule has 0 saturated carbocycles. The fourth-order valence-corrected chi connectivity index (χ4v) is 3.37. The Morgan fingerprint density at radius 1 is 1.18 bits per heavy atom. The Labute approximate surface area is 190 Å². The van der Waals surface area contributed by atoms with Crippen LogP contribution in [-0.4, -0.2) is 34.3 Å². The van der Waals surface area contributed by atoms with Crippen LogP contribution in [-0.2, 0) is 10.2 Å². The van der Waals surface area contributed by atoms with Crippen LogP contribution in [0.4, 0.5) is 5.69 Å². The van der Waals surface area contributed by atoms with Gasteiger partial charge in [-0.3, -0.25) is 14.9 Å². The zero-order chi connectivity index (χ0) is 23.6. The first-order chi connectivity index (χ1) is 15.7. The molecule has 0 fully saturated rings. The summed E-state index contributed by atoms with van der Waals surface area (Å²) >= 11 is 0. The highest BCUT2D eigenvalue weighted by Gasteiger charge is 2.28. The summed E-state index contributed by atoms with van der Waals surface area (Å²) in [5.74, 6) is 0.716. The smallest absolute Gasteiger partial charge is 0.284 e. The Morgan fingerprint density at radius 3 is 2.64 bits per heavy atom. The minimum atomic E-state index is -0.827. The predicted octanol–water partition coefficient (Wildman–Crippen LogP) is 3.97. The van der Waals surface area contributed by atoms with Crippen LogP contribution in [0.15, 0.2) is 65.9 Å². The molecule has 0 radical (unpaired) electrons. The Morgan fingerprint density at radius 2 is 1.94 bits per heavy atom. The fourth-order valence-electron chi connectivity index (χ4n) is 3.37. The molecule has 170 valence electrons. The van der Waals surface area contributed by atoms with Crippen molar-refractivity contribution in [1.29, 1.82) is 0 Å². The Bertz CT molecular complexity index is 1210. The number of nitrogens with one attached hydrogen (secondary N) is 1. The van der Waals surface area contributed by atoms with Crippen molar-refractivity contribution in [3.8, 4) is 17.2 Å². The molecule has 9 nitrogen and oxygen atoms in total. The lowest BCUT2D eigenvalue weighted by atomic mass is 9.87. The second-order valence-electron chi connectivity index (χ2n) is 8.64. The number of ether oxygens (including phenoxy) is 2. The van der Waals surface area contributed by atoms with Gasteiger partial charge in [-0.2, -0.15) is 5.10 Å². The lowest BCUT2D eigenvalue weighted by Crippen LogP contribution is -2.42. The first kappa shape index (κ1) is 22.1. The summed E-state index contributed by atoms with van der Waals surface area (Å²) in [6.45, 7) is 6.39. The van der Waals surface area contributed by atoms with Crippen LogP contribution in [0.3, 0.4) is 0 Å². The number of hydrogen-bond donors (Lipinski definition) is 1. The van der Waals surface area contributed by atoms with Crippen molar-refractivity contribution in [2.45, 2.75) is 32.3 Å². The van der Waals surface area contributed by atoms with E-state index in [-0.39, 0.29) is 17.7 Å². The van der Waals surface area contributed by atoms with Gasteiger partial charge in [-0.25, -0.2) is 5.43 Å². The molecule has 0 aliphatic carbocycles. The lowest BCUT2D eigenvalue weighted by Gasteiger charge is -2.27. The van der Waals surface area contributed by atoms with Gasteiger partial charge in [-0.15, -0.1) is 0 Å². The topological polar surface area (TPSA) is 108 Å². The second kappa shape index (κ2) is 8.78. The fraction of sp³-hybridized carbons (Fsp3) is 0.250. The van der Waals surface area contributed by atoms with E-state index < -0.39 is 16.9 Å². The Hall–Kier alpha value is -4.14. The summed E-state index contributed by atoms with van der Waals surface area (Å²) in [7, 11) is 0. The number of benzene rings is 2. The first-order valence-corrected chi connectivity index (χ1v) is 10.4. The Kier molecular flexibility index (Phi) is 5.87. The van der Waals surface area contributed by atoms with E-state index in [0.717, 1.165) is 11.3 Å². The van der Waals surface area contributed by atoms with Gasteiger partial charge in [0.1, 0.15) is 6.61 Å². The number of non-ortho nitro benzene ring substituents is 1. The number of fused-ring (bicyclic) bond motifs is 1. The number of nitro benzene ring substituents is 1. The summed E-state index contributed by atoms with van der Waals surface area (Å²) in [6.07, 6.45) is 2.47. The molecule has 1 aromatic heterocycles. The van der Waals surface area contributed by atoms with Crippen molar-refractivity contribution in [3.05, 3.63) is 82.2 Å². The molecule has 0 spiro atoms. The van der Waals surface area contributed by atoms with Crippen LogP contribution < -0.4 is 14.9 Å². The van der Waals surface area contributed by atoms with Crippen LogP contribution in [0.1, 0.15) is 32.0 Å². The highest BCUT2D eigenvalue weighted by molar-refractivity contribution is 5.84. The molecule has 3 aromatic rings. The van der Waals surface area contributed by atoms with Crippen LogP contribution >= 0.6 is 0 Å². The summed E-state index contributed by atoms with van der Waals surface area (Å²) < 4.78 is 13.4. The van der Waals surface area contributed by atoms with Gasteiger partial charge >= 0.3 is 0 Å². The maximum Gasteiger partial charge on any atom is 0.284 e. The molecule has 1 amide bonds. The second-order valence-corrected chi connectivity index (χ2v) is 8.64. The summed E-state index contributed by atoms with van der Waals surface area (Å²) in [6, 6.07) is 15.5. The largest absolute Gasteiger partial charge is 0.485 e. The number of rotatable bonds is 5. The molecule has 9 heteroatoms. The molecular weight excluding hydrogens is 424 g/mol. The molecule has 0 saturated heterocycles. The average Bonchev–Trinajstić information content (AvgIpc) is 3.26. The lowest BCUT2D eigenvalue weighted by molar-refractivity contribution is -0.384. The van der Waals surface area contributed by atoms with Gasteiger partial charge in [0.25, 0.3) is 11.6 Å². The molecular formula is C24H24N4O5. The number of hydrazone groups is 1. The molecule has 1 aliphatic rings. The predicted molar refractivity (Wildman–Crippen MR) is 123 cm³/mol. The van der Waals surface area contributed by atoms with E-state index >= 15 is 0 Å². The van der Waals surface area contributed by atoms with Crippen molar-refractivity contribution >= 4 is 17.8 Å². The maximum atomic E-state index is 12.6. The summed E-state index contributed by atoms with van der Waals surface area (Å²) in [5.41, 5.74) is 4.94. The first-order valence-electron chi connectivity index (χ1n) is 10.4. The van der Waals surface area contributed by atoms with E-state index in [4.69, 9.17) is 9.47 Å². The standard InChI is InChI=1S/C24H24N4O5/c1-24(2,3)16-6-11-20-21(13-16)33-22(15-32-20)23(29)26-25-14-19-5-4-12-27(19)17-7-9-18(10-8-17)28(30)31/h4-14,22H,15H2,1-3H3,(H,26,29). The zero-order valence-electron chi connectivity index (χ0n) is 18.5. The molecule has 1 atom stereocenters. The third kappa shape index (κ3) is 4.87. The number of hydrogen-bond acceptors (Lipinski definition) is 6. The Balaban J connectivity index is 1.42. The van der Waals surface area contributed by atoms with E-state index in [9.17, 15) is 14.9 Å².